The molecule has 0 N–H and O–H groups in total. The zero-order valence-corrected chi connectivity index (χ0v) is 20.6. The van der Waals surface area contributed by atoms with Gasteiger partial charge in [-0.2, -0.15) is 0 Å². The van der Waals surface area contributed by atoms with Crippen LogP contribution in [0.1, 0.15) is 43.1 Å². The second-order valence-corrected chi connectivity index (χ2v) is 9.70. The molecule has 3 aromatic rings. The molecule has 6 nitrogen and oxygen atoms in total. The number of carbonyl (C=O) groups excluding carboxylic acids is 1. The first-order valence-electron chi connectivity index (χ1n) is 12.4. The predicted molar refractivity (Wildman–Crippen MR) is 134 cm³/mol. The summed E-state index contributed by atoms with van der Waals surface area (Å²) in [7, 11) is 0. The Morgan fingerprint density at radius 3 is 2.60 bits per heavy atom. The molecule has 0 spiro atoms. The summed E-state index contributed by atoms with van der Waals surface area (Å²) in [6.07, 6.45) is 0.955. The van der Waals surface area contributed by atoms with Crippen LogP contribution in [-0.2, 0) is 20.8 Å². The number of ether oxygens (including phenoxy) is 4. The van der Waals surface area contributed by atoms with Gasteiger partial charge in [-0.15, -0.1) is 0 Å². The van der Waals surface area contributed by atoms with Crippen molar-refractivity contribution in [2.45, 2.75) is 57.8 Å². The quantitative estimate of drug-likeness (QED) is 0.418. The average molecular weight is 476 g/mol. The van der Waals surface area contributed by atoms with Crippen LogP contribution in [0.3, 0.4) is 0 Å². The lowest BCUT2D eigenvalue weighted by atomic mass is 10.1. The Morgan fingerprint density at radius 1 is 1.03 bits per heavy atom. The highest BCUT2D eigenvalue weighted by Gasteiger charge is 2.52. The third-order valence-corrected chi connectivity index (χ3v) is 6.72. The summed E-state index contributed by atoms with van der Waals surface area (Å²) < 4.78 is 23.8. The molecule has 2 saturated heterocycles. The molecule has 0 aliphatic carbocycles. The number of hydrogen-bond acceptors (Lipinski definition) is 6. The first-order chi connectivity index (χ1) is 16.9. The standard InChI is InChI=1S/C29H33NO5/c1-4-32-28(31)23-11-10-22-17-24(13-12-21(22)16-23)33-15-14-25-27-26(34-29(2,3)35-27)19-30(25)18-20-8-6-5-7-9-20/h5-13,16-17,25-27H,4,14-15,18-19H2,1-3H3/t25-,26+,27-/m0/s1. The van der Waals surface area contributed by atoms with Gasteiger partial charge in [-0.25, -0.2) is 4.79 Å². The van der Waals surface area contributed by atoms with Gasteiger partial charge in [-0.1, -0.05) is 42.5 Å². The Hall–Kier alpha value is -2.93. The summed E-state index contributed by atoms with van der Waals surface area (Å²) >= 11 is 0. The number of carbonyl (C=O) groups is 1. The largest absolute Gasteiger partial charge is 0.494 e. The SMILES string of the molecule is CCOC(=O)c1ccc2cc(OCC[C@H]3[C@@H]4OC(C)(C)O[C@@H]4CN3Cc3ccccc3)ccc2c1. The van der Waals surface area contributed by atoms with Crippen molar-refractivity contribution in [1.82, 2.24) is 4.90 Å². The number of nitrogens with zero attached hydrogens (tertiary/aromatic N) is 1. The fraction of sp³-hybridized carbons (Fsp3) is 0.414. The molecule has 184 valence electrons. The molecule has 0 unspecified atom stereocenters. The van der Waals surface area contributed by atoms with Crippen molar-refractivity contribution in [3.63, 3.8) is 0 Å². The average Bonchev–Trinajstić information content (AvgIpc) is 3.30. The smallest absolute Gasteiger partial charge is 0.338 e. The second kappa shape index (κ2) is 9.97. The number of esters is 1. The van der Waals surface area contributed by atoms with Crippen LogP contribution in [0.4, 0.5) is 0 Å². The van der Waals surface area contributed by atoms with Gasteiger partial charge in [0.25, 0.3) is 0 Å². The molecule has 6 heteroatoms. The van der Waals surface area contributed by atoms with Crippen molar-refractivity contribution in [1.29, 1.82) is 0 Å². The molecule has 35 heavy (non-hydrogen) atoms. The summed E-state index contributed by atoms with van der Waals surface area (Å²) in [5.74, 6) is -0.0333. The molecule has 3 aromatic carbocycles. The van der Waals surface area contributed by atoms with Crippen LogP contribution < -0.4 is 4.74 Å². The van der Waals surface area contributed by atoms with E-state index in [1.165, 1.54) is 5.56 Å². The minimum Gasteiger partial charge on any atom is -0.494 e. The zero-order valence-electron chi connectivity index (χ0n) is 20.6. The first kappa shape index (κ1) is 23.8. The van der Waals surface area contributed by atoms with Crippen LogP contribution >= 0.6 is 0 Å². The molecule has 2 heterocycles. The summed E-state index contributed by atoms with van der Waals surface area (Å²) in [5, 5.41) is 2.01. The maximum atomic E-state index is 12.0. The van der Waals surface area contributed by atoms with Gasteiger partial charge in [0.05, 0.1) is 18.8 Å². The Labute approximate surface area is 206 Å². The van der Waals surface area contributed by atoms with E-state index in [9.17, 15) is 4.79 Å². The van der Waals surface area contributed by atoms with Gasteiger partial charge in [0.2, 0.25) is 0 Å². The Bertz CT molecular complexity index is 1180. The molecule has 0 amide bonds. The normalized spacial score (nSPS) is 23.3. The molecule has 0 aromatic heterocycles. The molecule has 2 aliphatic rings. The zero-order chi connectivity index (χ0) is 24.4. The molecular formula is C29H33NO5. The third kappa shape index (κ3) is 5.35. The molecule has 2 fully saturated rings. The Kier molecular flexibility index (Phi) is 6.78. The van der Waals surface area contributed by atoms with Gasteiger partial charge in [0.15, 0.2) is 5.79 Å². The molecule has 3 atom stereocenters. The lowest BCUT2D eigenvalue weighted by Crippen LogP contribution is -2.39. The van der Waals surface area contributed by atoms with Crippen LogP contribution in [0.25, 0.3) is 10.8 Å². The number of hydrogen-bond donors (Lipinski definition) is 0. The van der Waals surface area contributed by atoms with Crippen LogP contribution in [0, 0.1) is 0 Å². The molecular weight excluding hydrogens is 442 g/mol. The van der Waals surface area contributed by atoms with Crippen molar-refractivity contribution in [2.75, 3.05) is 19.8 Å². The highest BCUT2D eigenvalue weighted by atomic mass is 16.8. The van der Waals surface area contributed by atoms with Gasteiger partial charge < -0.3 is 18.9 Å². The number of benzene rings is 3. The van der Waals surface area contributed by atoms with Crippen LogP contribution in [0.5, 0.6) is 5.75 Å². The van der Waals surface area contributed by atoms with E-state index < -0.39 is 5.79 Å². The molecule has 0 radical (unpaired) electrons. The van der Waals surface area contributed by atoms with E-state index in [1.54, 1.807) is 6.07 Å². The van der Waals surface area contributed by atoms with Gasteiger partial charge >= 0.3 is 5.97 Å². The Balaban J connectivity index is 1.25. The lowest BCUT2D eigenvalue weighted by Gasteiger charge is -2.30. The van der Waals surface area contributed by atoms with Crippen molar-refractivity contribution in [2.24, 2.45) is 0 Å². The van der Waals surface area contributed by atoms with Crippen molar-refractivity contribution in [3.05, 3.63) is 77.9 Å². The second-order valence-electron chi connectivity index (χ2n) is 9.70. The monoisotopic (exact) mass is 475 g/mol. The summed E-state index contributed by atoms with van der Waals surface area (Å²) in [6, 6.07) is 22.3. The third-order valence-electron chi connectivity index (χ3n) is 6.72. The van der Waals surface area contributed by atoms with E-state index >= 15 is 0 Å². The fourth-order valence-electron chi connectivity index (χ4n) is 5.20. The van der Waals surface area contributed by atoms with E-state index in [1.807, 2.05) is 57.2 Å². The van der Waals surface area contributed by atoms with Gasteiger partial charge in [-0.05, 0) is 67.8 Å². The number of rotatable bonds is 8. The molecule has 0 saturated carbocycles. The molecule has 5 rings (SSSR count). The van der Waals surface area contributed by atoms with Gasteiger partial charge in [0.1, 0.15) is 18.0 Å². The summed E-state index contributed by atoms with van der Waals surface area (Å²) in [4.78, 5) is 14.5. The van der Waals surface area contributed by atoms with E-state index in [4.69, 9.17) is 18.9 Å². The summed E-state index contributed by atoms with van der Waals surface area (Å²) in [6.45, 7) is 8.45. The van der Waals surface area contributed by atoms with Crippen molar-refractivity contribution in [3.8, 4) is 5.75 Å². The summed E-state index contributed by atoms with van der Waals surface area (Å²) in [5.41, 5.74) is 1.85. The van der Waals surface area contributed by atoms with Crippen molar-refractivity contribution >= 4 is 16.7 Å². The lowest BCUT2D eigenvalue weighted by molar-refractivity contribution is -0.162. The maximum absolute atomic E-state index is 12.0. The minimum atomic E-state index is -0.548. The van der Waals surface area contributed by atoms with Gasteiger partial charge in [-0.3, -0.25) is 4.90 Å². The van der Waals surface area contributed by atoms with E-state index in [-0.39, 0.29) is 24.2 Å². The van der Waals surface area contributed by atoms with Crippen LogP contribution in [0.15, 0.2) is 66.7 Å². The fourth-order valence-corrected chi connectivity index (χ4v) is 5.20. The van der Waals surface area contributed by atoms with Gasteiger partial charge in [0, 0.05) is 19.1 Å². The maximum Gasteiger partial charge on any atom is 0.338 e. The van der Waals surface area contributed by atoms with Crippen LogP contribution in [0.2, 0.25) is 0 Å². The van der Waals surface area contributed by atoms with E-state index in [0.29, 0.717) is 18.8 Å². The van der Waals surface area contributed by atoms with E-state index in [0.717, 1.165) is 36.0 Å². The topological polar surface area (TPSA) is 57.2 Å². The molecule has 2 aliphatic heterocycles. The number of likely N-dealkylation sites (tertiary alicyclic amines) is 1. The highest BCUT2D eigenvalue weighted by Crippen LogP contribution is 2.38. The van der Waals surface area contributed by atoms with E-state index in [2.05, 4.69) is 29.2 Å². The van der Waals surface area contributed by atoms with Crippen molar-refractivity contribution < 1.29 is 23.7 Å². The number of fused-ring (bicyclic) bond motifs is 2. The highest BCUT2D eigenvalue weighted by molar-refractivity contribution is 5.95. The minimum absolute atomic E-state index is 0.0372. The predicted octanol–water partition coefficient (Wildman–Crippen LogP) is 5.19. The Morgan fingerprint density at radius 2 is 1.80 bits per heavy atom. The first-order valence-corrected chi connectivity index (χ1v) is 12.4. The van der Waals surface area contributed by atoms with Crippen LogP contribution in [-0.4, -0.2) is 54.7 Å². The molecule has 0 bridgehead atoms.